The molecule has 1 amide bonds. The monoisotopic (exact) mass is 306 g/mol. The second-order valence-corrected chi connectivity index (χ2v) is 5.99. The van der Waals surface area contributed by atoms with Crippen LogP contribution in [0, 0.1) is 5.92 Å². The van der Waals surface area contributed by atoms with Gasteiger partial charge in [0.2, 0.25) is 5.91 Å². The summed E-state index contributed by atoms with van der Waals surface area (Å²) in [5.74, 6) is 0.593. The first-order chi connectivity index (χ1) is 10.4. The number of nitrogens with two attached hydrogens (primary N) is 1. The Balaban J connectivity index is 5.02. The molecular formula is C19H34N2O. The zero-order chi connectivity index (χ0) is 17.1. The maximum atomic E-state index is 11.6. The van der Waals surface area contributed by atoms with E-state index in [0.29, 0.717) is 12.3 Å². The molecule has 126 valence electrons. The molecule has 3 nitrogen and oxygen atoms in total. The van der Waals surface area contributed by atoms with E-state index in [4.69, 9.17) is 5.73 Å². The van der Waals surface area contributed by atoms with Gasteiger partial charge in [0.15, 0.2) is 0 Å². The molecule has 2 atom stereocenters. The number of rotatable bonds is 10. The van der Waals surface area contributed by atoms with Crippen molar-refractivity contribution >= 4 is 5.91 Å². The molecule has 0 aromatic rings. The quantitative estimate of drug-likeness (QED) is 0.585. The molecule has 22 heavy (non-hydrogen) atoms. The predicted octanol–water partition coefficient (Wildman–Crippen LogP) is 4.46. The molecular weight excluding hydrogens is 272 g/mol. The van der Waals surface area contributed by atoms with Gasteiger partial charge in [0.25, 0.3) is 0 Å². The molecule has 0 rings (SSSR count). The number of hydrogen-bond donors (Lipinski definition) is 2. The van der Waals surface area contributed by atoms with E-state index in [9.17, 15) is 4.79 Å². The van der Waals surface area contributed by atoms with Crippen molar-refractivity contribution in [3.8, 4) is 0 Å². The van der Waals surface area contributed by atoms with Gasteiger partial charge in [-0.2, -0.15) is 0 Å². The van der Waals surface area contributed by atoms with Crippen LogP contribution in [0.15, 0.2) is 35.6 Å². The van der Waals surface area contributed by atoms with Gasteiger partial charge in [0.05, 0.1) is 0 Å². The van der Waals surface area contributed by atoms with E-state index in [0.717, 1.165) is 37.0 Å². The first kappa shape index (κ1) is 20.6. The summed E-state index contributed by atoms with van der Waals surface area (Å²) in [4.78, 5) is 11.6. The Kier molecular flexibility index (Phi) is 10.6. The van der Waals surface area contributed by atoms with Gasteiger partial charge in [0.1, 0.15) is 0 Å². The maximum absolute atomic E-state index is 11.6. The van der Waals surface area contributed by atoms with Crippen molar-refractivity contribution in [1.82, 2.24) is 5.32 Å². The fourth-order valence-corrected chi connectivity index (χ4v) is 2.27. The van der Waals surface area contributed by atoms with Crippen LogP contribution in [-0.2, 0) is 4.79 Å². The summed E-state index contributed by atoms with van der Waals surface area (Å²) in [5.41, 5.74) is 9.01. The Morgan fingerprint density at radius 3 is 2.32 bits per heavy atom. The minimum atomic E-state index is 0.0183. The lowest BCUT2D eigenvalue weighted by atomic mass is 9.89. The van der Waals surface area contributed by atoms with Crippen molar-refractivity contribution in [2.75, 3.05) is 0 Å². The van der Waals surface area contributed by atoms with Crippen LogP contribution in [0.2, 0.25) is 0 Å². The second kappa shape index (κ2) is 11.2. The average Bonchev–Trinajstić information content (AvgIpc) is 2.51. The molecule has 0 aromatic heterocycles. The summed E-state index contributed by atoms with van der Waals surface area (Å²) in [6, 6.07) is 0.271. The fraction of sp³-hybridized carbons (Fsp3) is 0.632. The molecule has 3 heteroatoms. The summed E-state index contributed by atoms with van der Waals surface area (Å²) >= 11 is 0. The summed E-state index contributed by atoms with van der Waals surface area (Å²) in [7, 11) is 0. The van der Waals surface area contributed by atoms with Crippen LogP contribution in [0.25, 0.3) is 0 Å². The minimum Gasteiger partial charge on any atom is -0.328 e. The number of amides is 1. The number of carbonyl (C=O) groups is 1. The molecule has 0 aliphatic rings. The summed E-state index contributed by atoms with van der Waals surface area (Å²) in [6.07, 6.45) is 8.79. The van der Waals surface area contributed by atoms with Gasteiger partial charge in [0, 0.05) is 18.2 Å². The topological polar surface area (TPSA) is 55.1 Å². The molecule has 0 saturated carbocycles. The zero-order valence-electron chi connectivity index (χ0n) is 15.0. The fourth-order valence-electron chi connectivity index (χ4n) is 2.27. The standard InChI is InChI=1S/C19H34N2O/c1-7-15(12-17(20)9-3)11-16(8-2)13-18(14(5)6)21-19(22)10-4/h8,13,15,17H,5,7,9-12,20H2,1-4,6H3,(H,21,22)/b16-8-,18-13+. The molecule has 0 spiro atoms. The molecule has 0 aromatic carbocycles. The van der Waals surface area contributed by atoms with Crippen molar-refractivity contribution in [2.24, 2.45) is 11.7 Å². The van der Waals surface area contributed by atoms with Gasteiger partial charge >= 0.3 is 0 Å². The van der Waals surface area contributed by atoms with Crippen LogP contribution < -0.4 is 11.1 Å². The third-order valence-corrected chi connectivity index (χ3v) is 4.02. The van der Waals surface area contributed by atoms with E-state index >= 15 is 0 Å². The number of hydrogen-bond acceptors (Lipinski definition) is 2. The van der Waals surface area contributed by atoms with Crippen LogP contribution in [0.5, 0.6) is 0 Å². The summed E-state index contributed by atoms with van der Waals surface area (Å²) in [5, 5.41) is 2.93. The highest BCUT2D eigenvalue weighted by Crippen LogP contribution is 2.23. The van der Waals surface area contributed by atoms with Gasteiger partial charge in [-0.15, -0.1) is 0 Å². The number of allylic oxidation sites excluding steroid dienone is 4. The minimum absolute atomic E-state index is 0.0183. The SMILES string of the molecule is C=C(C)/C(=C\C(=C/C)CC(CC)CC(N)CC)NC(=O)CC. The third kappa shape index (κ3) is 8.18. The molecule has 0 aliphatic heterocycles. The van der Waals surface area contributed by atoms with Gasteiger partial charge in [-0.3, -0.25) is 4.79 Å². The molecule has 0 radical (unpaired) electrons. The van der Waals surface area contributed by atoms with E-state index in [1.165, 1.54) is 5.57 Å². The van der Waals surface area contributed by atoms with Crippen molar-refractivity contribution in [1.29, 1.82) is 0 Å². The van der Waals surface area contributed by atoms with Gasteiger partial charge < -0.3 is 11.1 Å². The average molecular weight is 306 g/mol. The number of nitrogens with one attached hydrogen (secondary N) is 1. The van der Waals surface area contributed by atoms with Crippen LogP contribution in [0.4, 0.5) is 0 Å². The molecule has 0 heterocycles. The van der Waals surface area contributed by atoms with Gasteiger partial charge in [-0.25, -0.2) is 0 Å². The molecule has 0 bridgehead atoms. The van der Waals surface area contributed by atoms with E-state index < -0.39 is 0 Å². The highest BCUT2D eigenvalue weighted by Gasteiger charge is 2.13. The second-order valence-electron chi connectivity index (χ2n) is 5.99. The van der Waals surface area contributed by atoms with Gasteiger partial charge in [-0.1, -0.05) is 39.8 Å². The smallest absolute Gasteiger partial charge is 0.224 e. The normalized spacial score (nSPS) is 15.4. The Bertz CT molecular complexity index is 421. The zero-order valence-corrected chi connectivity index (χ0v) is 15.0. The Morgan fingerprint density at radius 1 is 1.27 bits per heavy atom. The molecule has 2 unspecified atom stereocenters. The van der Waals surface area contributed by atoms with Crippen molar-refractivity contribution in [3.05, 3.63) is 35.6 Å². The molecule has 3 N–H and O–H groups in total. The lowest BCUT2D eigenvalue weighted by Gasteiger charge is -2.20. The number of carbonyl (C=O) groups excluding carboxylic acids is 1. The van der Waals surface area contributed by atoms with Crippen LogP contribution in [0.1, 0.15) is 66.7 Å². The van der Waals surface area contributed by atoms with E-state index in [1.54, 1.807) is 0 Å². The van der Waals surface area contributed by atoms with Crippen LogP contribution in [0.3, 0.4) is 0 Å². The molecule has 0 aliphatic carbocycles. The van der Waals surface area contributed by atoms with Gasteiger partial charge in [-0.05, 0) is 56.3 Å². The summed E-state index contributed by atoms with van der Waals surface area (Å²) < 4.78 is 0. The van der Waals surface area contributed by atoms with Crippen molar-refractivity contribution < 1.29 is 4.79 Å². The Labute approximate surface area is 136 Å². The summed E-state index contributed by atoms with van der Waals surface area (Å²) in [6.45, 7) is 14.1. The highest BCUT2D eigenvalue weighted by atomic mass is 16.1. The lowest BCUT2D eigenvalue weighted by Crippen LogP contribution is -2.23. The lowest BCUT2D eigenvalue weighted by molar-refractivity contribution is -0.120. The van der Waals surface area contributed by atoms with Crippen molar-refractivity contribution in [2.45, 2.75) is 72.8 Å². The van der Waals surface area contributed by atoms with Crippen molar-refractivity contribution in [3.63, 3.8) is 0 Å². The molecule has 0 saturated heterocycles. The Morgan fingerprint density at radius 2 is 1.91 bits per heavy atom. The first-order valence-corrected chi connectivity index (χ1v) is 8.45. The maximum Gasteiger partial charge on any atom is 0.224 e. The van der Waals surface area contributed by atoms with E-state index in [1.807, 2.05) is 20.8 Å². The van der Waals surface area contributed by atoms with E-state index in [-0.39, 0.29) is 11.9 Å². The van der Waals surface area contributed by atoms with Crippen LogP contribution in [-0.4, -0.2) is 11.9 Å². The van der Waals surface area contributed by atoms with Crippen LogP contribution >= 0.6 is 0 Å². The van der Waals surface area contributed by atoms with E-state index in [2.05, 4.69) is 37.9 Å². The first-order valence-electron chi connectivity index (χ1n) is 8.45. The predicted molar refractivity (Wildman–Crippen MR) is 96.4 cm³/mol. The largest absolute Gasteiger partial charge is 0.328 e. The molecule has 0 fully saturated rings. The third-order valence-electron chi connectivity index (χ3n) is 4.02. The highest BCUT2D eigenvalue weighted by molar-refractivity contribution is 5.78. The Hall–Kier alpha value is -1.35.